The standard InChI is InChI=1S/C24H40O5/c1-4-19(2)27-17-7-5-6-8-18-28-22-11-9-20(10-12-22)24(25)29-23-15-13-21(26-3)14-16-23/h4,20-23H,1-2,5-18H2,3H3. The Kier molecular flexibility index (Phi) is 11.4. The maximum atomic E-state index is 12.5. The summed E-state index contributed by atoms with van der Waals surface area (Å²) in [5, 5.41) is 0. The van der Waals surface area contributed by atoms with Gasteiger partial charge < -0.3 is 18.9 Å². The molecule has 0 amide bonds. The largest absolute Gasteiger partial charge is 0.494 e. The molecule has 0 aromatic rings. The van der Waals surface area contributed by atoms with E-state index in [9.17, 15) is 4.79 Å². The highest BCUT2D eigenvalue weighted by atomic mass is 16.5. The van der Waals surface area contributed by atoms with Crippen molar-refractivity contribution in [2.45, 2.75) is 95.4 Å². The Bertz CT molecular complexity index is 487. The first-order chi connectivity index (χ1) is 14.1. The van der Waals surface area contributed by atoms with E-state index in [-0.39, 0.29) is 18.0 Å². The maximum absolute atomic E-state index is 12.5. The number of unbranched alkanes of at least 4 members (excludes halogenated alkanes) is 3. The minimum Gasteiger partial charge on any atom is -0.494 e. The van der Waals surface area contributed by atoms with Gasteiger partial charge in [0, 0.05) is 13.7 Å². The van der Waals surface area contributed by atoms with Gasteiger partial charge in [-0.05, 0) is 76.7 Å². The Labute approximate surface area is 176 Å². The van der Waals surface area contributed by atoms with Gasteiger partial charge in [-0.25, -0.2) is 0 Å². The molecule has 0 aromatic carbocycles. The lowest BCUT2D eigenvalue weighted by Gasteiger charge is -2.31. The highest BCUT2D eigenvalue weighted by Crippen LogP contribution is 2.30. The van der Waals surface area contributed by atoms with Gasteiger partial charge in [0.15, 0.2) is 0 Å². The monoisotopic (exact) mass is 408 g/mol. The molecule has 0 N–H and O–H groups in total. The van der Waals surface area contributed by atoms with Gasteiger partial charge in [0.05, 0.1) is 24.7 Å². The molecule has 0 atom stereocenters. The number of rotatable bonds is 13. The lowest BCUT2D eigenvalue weighted by Crippen LogP contribution is -2.32. The van der Waals surface area contributed by atoms with Crippen molar-refractivity contribution in [1.29, 1.82) is 0 Å². The molecular formula is C24H40O5. The van der Waals surface area contributed by atoms with E-state index in [0.717, 1.165) is 83.7 Å². The molecule has 0 spiro atoms. The van der Waals surface area contributed by atoms with Crippen molar-refractivity contribution in [3.63, 3.8) is 0 Å². The summed E-state index contributed by atoms with van der Waals surface area (Å²) in [6.45, 7) is 8.87. The van der Waals surface area contributed by atoms with Crippen molar-refractivity contribution < 1.29 is 23.7 Å². The fourth-order valence-electron chi connectivity index (χ4n) is 4.18. The number of carbonyl (C=O) groups is 1. The molecule has 2 aliphatic carbocycles. The van der Waals surface area contributed by atoms with Crippen molar-refractivity contribution in [3.8, 4) is 0 Å². The molecule has 0 heterocycles. The van der Waals surface area contributed by atoms with Crippen LogP contribution in [0.25, 0.3) is 0 Å². The van der Waals surface area contributed by atoms with E-state index < -0.39 is 0 Å². The quantitative estimate of drug-likeness (QED) is 0.178. The molecule has 5 nitrogen and oxygen atoms in total. The Morgan fingerprint density at radius 3 is 2.07 bits per heavy atom. The summed E-state index contributed by atoms with van der Waals surface area (Å²) in [4.78, 5) is 12.5. The molecule has 29 heavy (non-hydrogen) atoms. The van der Waals surface area contributed by atoms with Gasteiger partial charge in [-0.1, -0.05) is 19.6 Å². The zero-order chi connectivity index (χ0) is 20.9. The van der Waals surface area contributed by atoms with Crippen LogP contribution in [0.5, 0.6) is 0 Å². The van der Waals surface area contributed by atoms with E-state index in [1.54, 1.807) is 13.2 Å². The third-order valence-corrected chi connectivity index (χ3v) is 6.15. The van der Waals surface area contributed by atoms with Gasteiger partial charge in [-0.15, -0.1) is 0 Å². The topological polar surface area (TPSA) is 54.0 Å². The number of ether oxygens (including phenoxy) is 4. The van der Waals surface area contributed by atoms with E-state index in [2.05, 4.69) is 13.2 Å². The fraction of sp³-hybridized carbons (Fsp3) is 0.792. The molecule has 2 saturated carbocycles. The average Bonchev–Trinajstić information content (AvgIpc) is 2.76. The summed E-state index contributed by atoms with van der Waals surface area (Å²) in [5.41, 5.74) is 0. The van der Waals surface area contributed by atoms with Crippen LogP contribution in [0.1, 0.15) is 77.0 Å². The fourth-order valence-corrected chi connectivity index (χ4v) is 4.18. The van der Waals surface area contributed by atoms with Gasteiger partial charge in [-0.2, -0.15) is 0 Å². The number of hydrogen-bond donors (Lipinski definition) is 0. The third kappa shape index (κ3) is 9.35. The van der Waals surface area contributed by atoms with Crippen LogP contribution in [0.4, 0.5) is 0 Å². The summed E-state index contributed by atoms with van der Waals surface area (Å²) in [5.74, 6) is 0.706. The predicted molar refractivity (Wildman–Crippen MR) is 115 cm³/mol. The van der Waals surface area contributed by atoms with Crippen LogP contribution < -0.4 is 0 Å². The minimum atomic E-state index is 0.00525. The number of methoxy groups -OCH3 is 1. The molecule has 0 unspecified atom stereocenters. The van der Waals surface area contributed by atoms with Gasteiger partial charge in [0.25, 0.3) is 0 Å². The van der Waals surface area contributed by atoms with Crippen molar-refractivity contribution in [3.05, 3.63) is 25.0 Å². The molecule has 2 rings (SSSR count). The molecule has 5 heteroatoms. The average molecular weight is 409 g/mol. The zero-order valence-electron chi connectivity index (χ0n) is 18.2. The van der Waals surface area contributed by atoms with Gasteiger partial charge in [-0.3, -0.25) is 4.79 Å². The van der Waals surface area contributed by atoms with Gasteiger partial charge in [0.1, 0.15) is 11.9 Å². The summed E-state index contributed by atoms with van der Waals surface area (Å²) in [6.07, 6.45) is 14.3. The highest BCUT2D eigenvalue weighted by molar-refractivity contribution is 5.72. The Morgan fingerprint density at radius 1 is 0.862 bits per heavy atom. The molecule has 2 aliphatic rings. The molecule has 0 radical (unpaired) electrons. The smallest absolute Gasteiger partial charge is 0.309 e. The first-order valence-corrected chi connectivity index (χ1v) is 11.4. The SMILES string of the molecule is C=CC(=C)OCCCCCCOC1CCC(C(=O)OC2CCC(OC)CC2)CC1. The maximum Gasteiger partial charge on any atom is 0.309 e. The normalized spacial score (nSPS) is 27.2. The Morgan fingerprint density at radius 2 is 1.45 bits per heavy atom. The van der Waals surface area contributed by atoms with Gasteiger partial charge in [0.2, 0.25) is 0 Å². The number of hydrogen-bond acceptors (Lipinski definition) is 5. The Balaban J connectivity index is 1.47. The second-order valence-corrected chi connectivity index (χ2v) is 8.35. The number of carbonyl (C=O) groups excluding carboxylic acids is 1. The van der Waals surface area contributed by atoms with Crippen LogP contribution in [0.2, 0.25) is 0 Å². The van der Waals surface area contributed by atoms with E-state index in [1.807, 2.05) is 0 Å². The molecule has 166 valence electrons. The van der Waals surface area contributed by atoms with E-state index in [1.165, 1.54) is 0 Å². The van der Waals surface area contributed by atoms with Crippen molar-refractivity contribution in [1.82, 2.24) is 0 Å². The van der Waals surface area contributed by atoms with Crippen molar-refractivity contribution >= 4 is 5.97 Å². The van der Waals surface area contributed by atoms with E-state index >= 15 is 0 Å². The number of esters is 1. The van der Waals surface area contributed by atoms with Crippen molar-refractivity contribution in [2.24, 2.45) is 5.92 Å². The second kappa shape index (κ2) is 13.8. The summed E-state index contributed by atoms with van der Waals surface area (Å²) in [6, 6.07) is 0. The third-order valence-electron chi connectivity index (χ3n) is 6.15. The van der Waals surface area contributed by atoms with Crippen LogP contribution >= 0.6 is 0 Å². The van der Waals surface area contributed by atoms with E-state index in [4.69, 9.17) is 18.9 Å². The zero-order valence-corrected chi connectivity index (χ0v) is 18.2. The molecular weight excluding hydrogens is 368 g/mol. The highest BCUT2D eigenvalue weighted by Gasteiger charge is 2.30. The lowest BCUT2D eigenvalue weighted by molar-refractivity contribution is -0.159. The summed E-state index contributed by atoms with van der Waals surface area (Å²) < 4.78 is 22.6. The van der Waals surface area contributed by atoms with Crippen molar-refractivity contribution in [2.75, 3.05) is 20.3 Å². The van der Waals surface area contributed by atoms with Gasteiger partial charge >= 0.3 is 5.97 Å². The lowest BCUT2D eigenvalue weighted by atomic mass is 9.87. The molecule has 0 bridgehead atoms. The Hall–Kier alpha value is -1.33. The summed E-state index contributed by atoms with van der Waals surface area (Å²) >= 11 is 0. The first kappa shape index (κ1) is 23.9. The molecule has 0 aromatic heterocycles. The van der Waals surface area contributed by atoms with Crippen LogP contribution in [0.3, 0.4) is 0 Å². The van der Waals surface area contributed by atoms with Crippen LogP contribution in [-0.4, -0.2) is 44.6 Å². The number of allylic oxidation sites excluding steroid dienone is 1. The molecule has 2 fully saturated rings. The first-order valence-electron chi connectivity index (χ1n) is 11.4. The second-order valence-electron chi connectivity index (χ2n) is 8.35. The van der Waals surface area contributed by atoms with Crippen LogP contribution in [0.15, 0.2) is 25.0 Å². The van der Waals surface area contributed by atoms with Crippen LogP contribution in [0, 0.1) is 5.92 Å². The minimum absolute atomic E-state index is 0.00525. The van der Waals surface area contributed by atoms with E-state index in [0.29, 0.717) is 24.6 Å². The molecule has 0 saturated heterocycles. The predicted octanol–water partition coefficient (Wildman–Crippen LogP) is 5.34. The molecule has 0 aliphatic heterocycles. The summed E-state index contributed by atoms with van der Waals surface area (Å²) in [7, 11) is 1.76. The van der Waals surface area contributed by atoms with Crippen LogP contribution in [-0.2, 0) is 23.7 Å².